The van der Waals surface area contributed by atoms with E-state index in [4.69, 9.17) is 14.2 Å². The van der Waals surface area contributed by atoms with Gasteiger partial charge in [0, 0.05) is 19.0 Å². The molecule has 1 aliphatic rings. The van der Waals surface area contributed by atoms with Gasteiger partial charge in [-0.25, -0.2) is 0 Å². The minimum atomic E-state index is 0.00243. The zero-order chi connectivity index (χ0) is 21.6. The molecule has 0 bridgehead atoms. The highest BCUT2D eigenvalue weighted by Gasteiger charge is 2.23. The van der Waals surface area contributed by atoms with E-state index in [1.54, 1.807) is 7.11 Å². The molecule has 0 saturated heterocycles. The molecule has 4 nitrogen and oxygen atoms in total. The van der Waals surface area contributed by atoms with Crippen LogP contribution in [-0.2, 0) is 6.42 Å². The van der Waals surface area contributed by atoms with Crippen LogP contribution in [0.2, 0.25) is 0 Å². The van der Waals surface area contributed by atoms with Crippen molar-refractivity contribution in [2.75, 3.05) is 27.7 Å². The maximum absolute atomic E-state index is 6.47. The van der Waals surface area contributed by atoms with Crippen molar-refractivity contribution in [2.45, 2.75) is 31.5 Å². The second-order valence-corrected chi connectivity index (χ2v) is 8.30. The smallest absolute Gasteiger partial charge is 0.127 e. The first-order valence-electron chi connectivity index (χ1n) is 10.9. The summed E-state index contributed by atoms with van der Waals surface area (Å²) in [6.45, 7) is 0.959. The Balaban J connectivity index is 1.51. The van der Waals surface area contributed by atoms with Crippen LogP contribution in [0.3, 0.4) is 0 Å². The summed E-state index contributed by atoms with van der Waals surface area (Å²) in [5.41, 5.74) is 3.60. The third-order valence-electron chi connectivity index (χ3n) is 5.76. The zero-order valence-corrected chi connectivity index (χ0v) is 18.6. The largest absolute Gasteiger partial charge is 0.497 e. The molecule has 3 aromatic rings. The fourth-order valence-corrected chi connectivity index (χ4v) is 3.98. The number of rotatable bonds is 8. The number of methoxy groups -OCH3 is 1. The third kappa shape index (κ3) is 5.39. The molecule has 31 heavy (non-hydrogen) atoms. The van der Waals surface area contributed by atoms with E-state index in [0.717, 1.165) is 43.1 Å². The number of fused-ring (bicyclic) bond motifs is 1. The summed E-state index contributed by atoms with van der Waals surface area (Å²) in [5.74, 6) is 2.63. The van der Waals surface area contributed by atoms with Crippen molar-refractivity contribution in [2.24, 2.45) is 0 Å². The number of benzene rings is 3. The van der Waals surface area contributed by atoms with E-state index in [9.17, 15) is 0 Å². The Morgan fingerprint density at radius 3 is 2.42 bits per heavy atom. The Morgan fingerprint density at radius 2 is 1.71 bits per heavy atom. The Hall–Kier alpha value is -2.98. The number of nitrogens with zero attached hydrogens (tertiary/aromatic N) is 1. The van der Waals surface area contributed by atoms with Gasteiger partial charge >= 0.3 is 0 Å². The van der Waals surface area contributed by atoms with E-state index < -0.39 is 0 Å². The van der Waals surface area contributed by atoms with Crippen molar-refractivity contribution < 1.29 is 14.2 Å². The molecule has 0 aliphatic carbocycles. The van der Waals surface area contributed by atoms with E-state index in [1.807, 2.05) is 18.2 Å². The van der Waals surface area contributed by atoms with Crippen molar-refractivity contribution in [3.05, 3.63) is 89.5 Å². The summed E-state index contributed by atoms with van der Waals surface area (Å²) in [4.78, 5) is 2.19. The van der Waals surface area contributed by atoms with Crippen LogP contribution in [0.5, 0.6) is 17.2 Å². The molecule has 1 aliphatic heterocycles. The molecule has 0 spiro atoms. The molecule has 162 valence electrons. The third-order valence-corrected chi connectivity index (χ3v) is 5.76. The SMILES string of the molecule is COc1ccc(C2CCc3ccc(OC(CCN(C)C)c4ccccc4)cc3O2)cc1. The fraction of sp³-hybridized carbons (Fsp3) is 0.333. The maximum atomic E-state index is 6.47. The molecule has 0 saturated carbocycles. The van der Waals surface area contributed by atoms with Gasteiger partial charge in [0.2, 0.25) is 0 Å². The van der Waals surface area contributed by atoms with Crippen LogP contribution < -0.4 is 14.2 Å². The normalized spacial score (nSPS) is 16.3. The maximum Gasteiger partial charge on any atom is 0.127 e. The van der Waals surface area contributed by atoms with Gasteiger partial charge in [-0.15, -0.1) is 0 Å². The van der Waals surface area contributed by atoms with Crippen LogP contribution in [0, 0.1) is 0 Å². The van der Waals surface area contributed by atoms with E-state index >= 15 is 0 Å². The minimum Gasteiger partial charge on any atom is -0.497 e. The highest BCUT2D eigenvalue weighted by atomic mass is 16.5. The molecular formula is C27H31NO3. The fourth-order valence-electron chi connectivity index (χ4n) is 3.98. The molecule has 0 fully saturated rings. The number of ether oxygens (including phenoxy) is 3. The quantitative estimate of drug-likeness (QED) is 0.461. The van der Waals surface area contributed by atoms with Gasteiger partial charge in [-0.05, 0) is 61.8 Å². The predicted octanol–water partition coefficient (Wildman–Crippen LogP) is 5.83. The minimum absolute atomic E-state index is 0.00243. The summed E-state index contributed by atoms with van der Waals surface area (Å²) in [7, 11) is 5.87. The molecule has 0 amide bonds. The van der Waals surface area contributed by atoms with Crippen molar-refractivity contribution >= 4 is 0 Å². The number of hydrogen-bond acceptors (Lipinski definition) is 4. The van der Waals surface area contributed by atoms with Crippen LogP contribution in [-0.4, -0.2) is 32.6 Å². The Morgan fingerprint density at radius 1 is 0.968 bits per heavy atom. The average molecular weight is 418 g/mol. The van der Waals surface area contributed by atoms with E-state index in [-0.39, 0.29) is 12.2 Å². The highest BCUT2D eigenvalue weighted by molar-refractivity contribution is 5.43. The molecular weight excluding hydrogens is 386 g/mol. The van der Waals surface area contributed by atoms with Crippen LogP contribution in [0.15, 0.2) is 72.8 Å². The second-order valence-electron chi connectivity index (χ2n) is 8.30. The first kappa shape index (κ1) is 21.3. The average Bonchev–Trinajstić information content (AvgIpc) is 2.81. The van der Waals surface area contributed by atoms with Gasteiger partial charge in [0.25, 0.3) is 0 Å². The number of hydrogen-bond donors (Lipinski definition) is 0. The lowest BCUT2D eigenvalue weighted by atomic mass is 9.97. The summed E-state index contributed by atoms with van der Waals surface area (Å²) < 4.78 is 18.1. The van der Waals surface area contributed by atoms with Gasteiger partial charge in [-0.3, -0.25) is 0 Å². The van der Waals surface area contributed by atoms with Crippen molar-refractivity contribution in [3.63, 3.8) is 0 Å². The second kappa shape index (κ2) is 9.88. The van der Waals surface area contributed by atoms with Gasteiger partial charge in [0.05, 0.1) is 7.11 Å². The molecule has 2 unspecified atom stereocenters. The summed E-state index contributed by atoms with van der Waals surface area (Å²) >= 11 is 0. The first-order chi connectivity index (χ1) is 15.1. The molecule has 0 radical (unpaired) electrons. The summed E-state index contributed by atoms with van der Waals surface area (Å²) in [6.07, 6.45) is 2.93. The van der Waals surface area contributed by atoms with Crippen LogP contribution in [0.4, 0.5) is 0 Å². The van der Waals surface area contributed by atoms with Gasteiger partial charge in [0.15, 0.2) is 0 Å². The molecule has 4 heteroatoms. The predicted molar refractivity (Wildman–Crippen MR) is 124 cm³/mol. The molecule has 0 N–H and O–H groups in total. The van der Waals surface area contributed by atoms with Gasteiger partial charge < -0.3 is 19.1 Å². The lowest BCUT2D eigenvalue weighted by Crippen LogP contribution is -2.19. The Kier molecular flexibility index (Phi) is 6.78. The van der Waals surface area contributed by atoms with Gasteiger partial charge in [0.1, 0.15) is 29.5 Å². The standard InChI is InChI=1S/C27H31NO3/c1-28(2)18-17-26(20-7-5-4-6-8-20)30-24-15-11-22-12-16-25(31-27(22)19-24)21-9-13-23(29-3)14-10-21/h4-11,13-15,19,25-26H,12,16-18H2,1-3H3. The van der Waals surface area contributed by atoms with E-state index in [0.29, 0.717) is 0 Å². The first-order valence-corrected chi connectivity index (χ1v) is 10.9. The number of aryl methyl sites for hydroxylation is 1. The summed E-state index contributed by atoms with van der Waals surface area (Å²) in [5, 5.41) is 0. The van der Waals surface area contributed by atoms with Crippen LogP contribution in [0.25, 0.3) is 0 Å². The Bertz CT molecular complexity index is 970. The van der Waals surface area contributed by atoms with Crippen LogP contribution in [0.1, 0.15) is 41.7 Å². The van der Waals surface area contributed by atoms with Crippen molar-refractivity contribution in [3.8, 4) is 17.2 Å². The van der Waals surface area contributed by atoms with Crippen molar-refractivity contribution in [1.29, 1.82) is 0 Å². The van der Waals surface area contributed by atoms with Crippen molar-refractivity contribution in [1.82, 2.24) is 4.90 Å². The topological polar surface area (TPSA) is 30.9 Å². The monoisotopic (exact) mass is 417 g/mol. The van der Waals surface area contributed by atoms with Gasteiger partial charge in [-0.1, -0.05) is 48.5 Å². The molecule has 1 heterocycles. The zero-order valence-electron chi connectivity index (χ0n) is 18.6. The van der Waals surface area contributed by atoms with E-state index in [1.165, 1.54) is 16.7 Å². The van der Waals surface area contributed by atoms with E-state index in [2.05, 4.69) is 73.6 Å². The lowest BCUT2D eigenvalue weighted by molar-refractivity contribution is 0.166. The molecule has 4 rings (SSSR count). The van der Waals surface area contributed by atoms with Crippen LogP contribution >= 0.6 is 0 Å². The molecule has 3 aromatic carbocycles. The molecule has 0 aromatic heterocycles. The Labute approximate surface area is 185 Å². The lowest BCUT2D eigenvalue weighted by Gasteiger charge is -2.28. The highest BCUT2D eigenvalue weighted by Crippen LogP contribution is 2.38. The molecule has 2 atom stereocenters. The summed E-state index contributed by atoms with van der Waals surface area (Å²) in [6, 6.07) is 24.9. The van der Waals surface area contributed by atoms with Gasteiger partial charge in [-0.2, -0.15) is 0 Å².